The molecule has 1 aromatic heterocycles. The van der Waals surface area contributed by atoms with E-state index in [1.54, 1.807) is 0 Å². The molecule has 0 aliphatic heterocycles. The molecule has 0 saturated carbocycles. The standard InChI is InChI=1S/C16H24N2/c1-11(2)18-10-14(6-5-9-17)15-12(3)7-8-13(4)16(15)18/h7-8,10-11H,5-6,9,17H2,1-4H3. The van der Waals surface area contributed by atoms with Crippen LogP contribution in [-0.4, -0.2) is 11.1 Å². The number of aryl methyl sites for hydroxylation is 3. The Labute approximate surface area is 110 Å². The molecule has 98 valence electrons. The van der Waals surface area contributed by atoms with Gasteiger partial charge >= 0.3 is 0 Å². The van der Waals surface area contributed by atoms with Crippen LogP contribution < -0.4 is 5.73 Å². The minimum absolute atomic E-state index is 0.500. The first-order valence-electron chi connectivity index (χ1n) is 6.86. The Morgan fingerprint density at radius 3 is 2.44 bits per heavy atom. The third-order valence-electron chi connectivity index (χ3n) is 3.67. The maximum Gasteiger partial charge on any atom is 0.0517 e. The first-order valence-corrected chi connectivity index (χ1v) is 6.86. The van der Waals surface area contributed by atoms with Gasteiger partial charge in [0.15, 0.2) is 0 Å². The molecule has 2 aromatic rings. The summed E-state index contributed by atoms with van der Waals surface area (Å²) in [6.07, 6.45) is 4.46. The predicted octanol–water partition coefficient (Wildman–Crippen LogP) is 3.73. The van der Waals surface area contributed by atoms with Crippen LogP contribution in [0.4, 0.5) is 0 Å². The fourth-order valence-electron chi connectivity index (χ4n) is 2.72. The fourth-order valence-corrected chi connectivity index (χ4v) is 2.72. The van der Waals surface area contributed by atoms with Gasteiger partial charge in [0, 0.05) is 17.6 Å². The highest BCUT2D eigenvalue weighted by atomic mass is 15.0. The van der Waals surface area contributed by atoms with E-state index in [0.717, 1.165) is 19.4 Å². The summed E-state index contributed by atoms with van der Waals surface area (Å²) in [6.45, 7) is 9.66. The van der Waals surface area contributed by atoms with Crippen LogP contribution in [-0.2, 0) is 6.42 Å². The smallest absolute Gasteiger partial charge is 0.0517 e. The predicted molar refractivity (Wildman–Crippen MR) is 79.2 cm³/mol. The molecule has 0 fully saturated rings. The average molecular weight is 244 g/mol. The van der Waals surface area contributed by atoms with Crippen molar-refractivity contribution in [2.45, 2.75) is 46.6 Å². The van der Waals surface area contributed by atoms with E-state index in [1.165, 1.54) is 27.6 Å². The molecule has 0 spiro atoms. The van der Waals surface area contributed by atoms with E-state index in [4.69, 9.17) is 5.73 Å². The summed E-state index contributed by atoms with van der Waals surface area (Å²) in [4.78, 5) is 0. The number of nitrogens with two attached hydrogens (primary N) is 1. The third kappa shape index (κ3) is 2.17. The molecule has 0 saturated heterocycles. The molecule has 0 bridgehead atoms. The minimum Gasteiger partial charge on any atom is -0.344 e. The number of aromatic nitrogens is 1. The molecular formula is C16H24N2. The number of hydrogen-bond acceptors (Lipinski definition) is 1. The van der Waals surface area contributed by atoms with Crippen molar-refractivity contribution in [3.8, 4) is 0 Å². The largest absolute Gasteiger partial charge is 0.344 e. The van der Waals surface area contributed by atoms with Crippen molar-refractivity contribution >= 4 is 10.9 Å². The summed E-state index contributed by atoms with van der Waals surface area (Å²) < 4.78 is 2.41. The highest BCUT2D eigenvalue weighted by molar-refractivity contribution is 5.89. The lowest BCUT2D eigenvalue weighted by atomic mass is 10.0. The van der Waals surface area contributed by atoms with Crippen molar-refractivity contribution in [3.63, 3.8) is 0 Å². The molecule has 2 N–H and O–H groups in total. The third-order valence-corrected chi connectivity index (χ3v) is 3.67. The van der Waals surface area contributed by atoms with Gasteiger partial charge < -0.3 is 10.3 Å². The molecule has 0 atom stereocenters. The van der Waals surface area contributed by atoms with Gasteiger partial charge in [0.25, 0.3) is 0 Å². The lowest BCUT2D eigenvalue weighted by molar-refractivity contribution is 0.619. The van der Waals surface area contributed by atoms with Crippen molar-refractivity contribution in [2.75, 3.05) is 6.54 Å². The normalized spacial score (nSPS) is 11.7. The number of nitrogens with zero attached hydrogens (tertiary/aromatic N) is 1. The van der Waals surface area contributed by atoms with Gasteiger partial charge in [0.1, 0.15) is 0 Å². The zero-order chi connectivity index (χ0) is 13.3. The van der Waals surface area contributed by atoms with Crippen molar-refractivity contribution in [1.29, 1.82) is 0 Å². The first kappa shape index (κ1) is 13.2. The fraction of sp³-hybridized carbons (Fsp3) is 0.500. The Bertz CT molecular complexity index is 550. The topological polar surface area (TPSA) is 30.9 Å². The second kappa shape index (κ2) is 5.15. The lowest BCUT2D eigenvalue weighted by Crippen LogP contribution is -2.00. The summed E-state index contributed by atoms with van der Waals surface area (Å²) in [5, 5.41) is 1.44. The van der Waals surface area contributed by atoms with E-state index >= 15 is 0 Å². The van der Waals surface area contributed by atoms with Gasteiger partial charge in [-0.1, -0.05) is 12.1 Å². The molecule has 0 amide bonds. The summed E-state index contributed by atoms with van der Waals surface area (Å²) in [5.41, 5.74) is 11.2. The second-order valence-corrected chi connectivity index (χ2v) is 5.47. The van der Waals surface area contributed by atoms with Crippen molar-refractivity contribution in [1.82, 2.24) is 4.57 Å². The van der Waals surface area contributed by atoms with E-state index in [0.29, 0.717) is 6.04 Å². The summed E-state index contributed by atoms with van der Waals surface area (Å²) in [7, 11) is 0. The maximum atomic E-state index is 5.65. The molecule has 2 heteroatoms. The molecule has 0 aliphatic rings. The van der Waals surface area contributed by atoms with Crippen molar-refractivity contribution in [3.05, 3.63) is 35.0 Å². The molecule has 0 aliphatic carbocycles. The van der Waals surface area contributed by atoms with E-state index in [2.05, 4.69) is 50.6 Å². The van der Waals surface area contributed by atoms with Crippen LogP contribution in [0.1, 0.15) is 43.0 Å². The zero-order valence-electron chi connectivity index (χ0n) is 12.0. The van der Waals surface area contributed by atoms with Crippen LogP contribution in [0.25, 0.3) is 10.9 Å². The van der Waals surface area contributed by atoms with E-state index < -0.39 is 0 Å². The van der Waals surface area contributed by atoms with Gasteiger partial charge in [-0.15, -0.1) is 0 Å². The van der Waals surface area contributed by atoms with E-state index in [-0.39, 0.29) is 0 Å². The number of hydrogen-bond donors (Lipinski definition) is 1. The average Bonchev–Trinajstić information content (AvgIpc) is 2.72. The van der Waals surface area contributed by atoms with Gasteiger partial charge in [-0.05, 0) is 63.8 Å². The summed E-state index contributed by atoms with van der Waals surface area (Å²) >= 11 is 0. The van der Waals surface area contributed by atoms with Gasteiger partial charge in [-0.3, -0.25) is 0 Å². The van der Waals surface area contributed by atoms with Gasteiger partial charge in [0.2, 0.25) is 0 Å². The Kier molecular flexibility index (Phi) is 3.76. The highest BCUT2D eigenvalue weighted by Gasteiger charge is 2.13. The minimum atomic E-state index is 0.500. The first-order chi connectivity index (χ1) is 8.56. The van der Waals surface area contributed by atoms with E-state index in [1.807, 2.05) is 0 Å². The van der Waals surface area contributed by atoms with Crippen molar-refractivity contribution in [2.24, 2.45) is 5.73 Å². The van der Waals surface area contributed by atoms with Crippen LogP contribution in [0.2, 0.25) is 0 Å². The van der Waals surface area contributed by atoms with Gasteiger partial charge in [0.05, 0.1) is 5.52 Å². The molecule has 0 unspecified atom stereocenters. The van der Waals surface area contributed by atoms with Crippen LogP contribution >= 0.6 is 0 Å². The molecule has 1 heterocycles. The Morgan fingerprint density at radius 2 is 1.83 bits per heavy atom. The zero-order valence-corrected chi connectivity index (χ0v) is 12.0. The van der Waals surface area contributed by atoms with Crippen LogP contribution in [0.5, 0.6) is 0 Å². The van der Waals surface area contributed by atoms with Crippen LogP contribution in [0.15, 0.2) is 18.3 Å². The number of benzene rings is 1. The van der Waals surface area contributed by atoms with Crippen LogP contribution in [0, 0.1) is 13.8 Å². The van der Waals surface area contributed by atoms with Gasteiger partial charge in [-0.25, -0.2) is 0 Å². The second-order valence-electron chi connectivity index (χ2n) is 5.47. The molecule has 2 rings (SSSR count). The van der Waals surface area contributed by atoms with Gasteiger partial charge in [-0.2, -0.15) is 0 Å². The SMILES string of the molecule is Cc1ccc(C)c2c1c(CCCN)cn2C(C)C. The molecule has 2 nitrogen and oxygen atoms in total. The Balaban J connectivity index is 2.68. The molecule has 1 aromatic carbocycles. The molecular weight excluding hydrogens is 220 g/mol. The van der Waals surface area contributed by atoms with Crippen LogP contribution in [0.3, 0.4) is 0 Å². The molecule has 18 heavy (non-hydrogen) atoms. The van der Waals surface area contributed by atoms with Crippen molar-refractivity contribution < 1.29 is 0 Å². The Hall–Kier alpha value is -1.28. The number of rotatable bonds is 4. The summed E-state index contributed by atoms with van der Waals surface area (Å²) in [5.74, 6) is 0. The quantitative estimate of drug-likeness (QED) is 0.873. The summed E-state index contributed by atoms with van der Waals surface area (Å²) in [6, 6.07) is 4.96. The number of fused-ring (bicyclic) bond motifs is 1. The highest BCUT2D eigenvalue weighted by Crippen LogP contribution is 2.30. The lowest BCUT2D eigenvalue weighted by Gasteiger charge is -2.11. The van der Waals surface area contributed by atoms with E-state index in [9.17, 15) is 0 Å². The molecule has 0 radical (unpaired) electrons. The monoisotopic (exact) mass is 244 g/mol. The maximum absolute atomic E-state index is 5.65. The Morgan fingerprint density at radius 1 is 1.17 bits per heavy atom.